The van der Waals surface area contributed by atoms with Crippen LogP contribution in [0.5, 0.6) is 0 Å². The number of hydrogen-bond acceptors (Lipinski definition) is 4. The first-order valence-electron chi connectivity index (χ1n) is 9.43. The summed E-state index contributed by atoms with van der Waals surface area (Å²) in [6.07, 6.45) is 23.3. The number of allylic oxidation sites excluding steroid dienone is 8. The Morgan fingerprint density at radius 2 is 1.69 bits per heavy atom. The predicted molar refractivity (Wildman–Crippen MR) is 105 cm³/mol. The Hall–Kier alpha value is -1.91. The van der Waals surface area contributed by atoms with E-state index in [1.54, 1.807) is 12.2 Å². The molecule has 0 aliphatic rings. The van der Waals surface area contributed by atoms with Gasteiger partial charge in [0.2, 0.25) is 0 Å². The molecule has 0 radical (unpaired) electrons. The van der Waals surface area contributed by atoms with Gasteiger partial charge in [-0.3, -0.25) is 0 Å². The molecule has 2 N–H and O–H groups in total. The molecule has 0 aliphatic heterocycles. The summed E-state index contributed by atoms with van der Waals surface area (Å²) >= 11 is 0. The van der Waals surface area contributed by atoms with Crippen LogP contribution in [0.1, 0.15) is 58.3 Å². The summed E-state index contributed by atoms with van der Waals surface area (Å²) in [6, 6.07) is 0. The van der Waals surface area contributed by atoms with E-state index in [1.165, 1.54) is 0 Å². The maximum Gasteiger partial charge on any atom is 0.0986 e. The first-order valence-corrected chi connectivity index (χ1v) is 9.43. The molecule has 0 rings (SSSR count). The molecule has 146 valence electrons. The highest BCUT2D eigenvalue weighted by Crippen LogP contribution is 2.04. The van der Waals surface area contributed by atoms with Gasteiger partial charge in [0, 0.05) is 5.97 Å². The lowest BCUT2D eigenvalue weighted by Crippen LogP contribution is -2.22. The van der Waals surface area contributed by atoms with Gasteiger partial charge in [0.15, 0.2) is 0 Å². The monoisotopic (exact) mass is 361 g/mol. The standard InChI is InChI=1S/C22H34O4/c1-2-3-14-17-20(23)21(24)18-15-12-10-8-6-4-5-7-9-11-13-16-19-22(25)26/h3,5-8,10,12,14-15,18,20-21,23-24H,2,4,9,11,13,16-17,19H2,1H3,(H,25,26)/p-1/b7-5-,8-6-,12-10+,14-3-,18-15+/t20-,21?/m0/s1. The number of aliphatic carboxylic acids is 1. The Morgan fingerprint density at radius 1 is 0.923 bits per heavy atom. The molecule has 0 amide bonds. The molecule has 0 aliphatic carbocycles. The summed E-state index contributed by atoms with van der Waals surface area (Å²) in [5, 5.41) is 29.7. The van der Waals surface area contributed by atoms with Crippen molar-refractivity contribution >= 4 is 5.97 Å². The van der Waals surface area contributed by atoms with E-state index in [1.807, 2.05) is 43.4 Å². The van der Waals surface area contributed by atoms with E-state index >= 15 is 0 Å². The highest BCUT2D eigenvalue weighted by Gasteiger charge is 2.10. The minimum absolute atomic E-state index is 0.152. The van der Waals surface area contributed by atoms with E-state index in [2.05, 4.69) is 12.2 Å². The maximum atomic E-state index is 10.2. The summed E-state index contributed by atoms with van der Waals surface area (Å²) in [6.45, 7) is 2.02. The zero-order valence-corrected chi connectivity index (χ0v) is 15.8. The molecular weight excluding hydrogens is 328 g/mol. The molecule has 0 spiro atoms. The minimum atomic E-state index is -0.969. The second kappa shape index (κ2) is 17.9. The van der Waals surface area contributed by atoms with Gasteiger partial charge >= 0.3 is 0 Å². The summed E-state index contributed by atoms with van der Waals surface area (Å²) in [5.74, 6) is -0.969. The van der Waals surface area contributed by atoms with Gasteiger partial charge in [0.05, 0.1) is 12.2 Å². The Labute approximate surface area is 157 Å². The van der Waals surface area contributed by atoms with Crippen LogP contribution in [0.2, 0.25) is 0 Å². The van der Waals surface area contributed by atoms with Crippen LogP contribution in [0.3, 0.4) is 0 Å². The van der Waals surface area contributed by atoms with Gasteiger partial charge in [0.25, 0.3) is 0 Å². The molecule has 1 unspecified atom stereocenters. The second-order valence-electron chi connectivity index (χ2n) is 6.05. The van der Waals surface area contributed by atoms with E-state index in [9.17, 15) is 20.1 Å². The van der Waals surface area contributed by atoms with E-state index in [0.717, 1.165) is 32.1 Å². The lowest BCUT2D eigenvalue weighted by molar-refractivity contribution is -0.305. The number of carbonyl (C=O) groups excluding carboxylic acids is 1. The fourth-order valence-corrected chi connectivity index (χ4v) is 2.13. The Balaban J connectivity index is 3.75. The van der Waals surface area contributed by atoms with Crippen LogP contribution >= 0.6 is 0 Å². The van der Waals surface area contributed by atoms with Crippen molar-refractivity contribution in [2.45, 2.75) is 70.5 Å². The van der Waals surface area contributed by atoms with Crippen molar-refractivity contribution in [1.82, 2.24) is 0 Å². The molecule has 0 saturated heterocycles. The topological polar surface area (TPSA) is 80.6 Å². The van der Waals surface area contributed by atoms with Crippen molar-refractivity contribution in [3.63, 3.8) is 0 Å². The Kier molecular flexibility index (Phi) is 16.6. The molecule has 4 nitrogen and oxygen atoms in total. The third-order valence-electron chi connectivity index (χ3n) is 3.64. The van der Waals surface area contributed by atoms with Gasteiger partial charge in [-0.25, -0.2) is 0 Å². The van der Waals surface area contributed by atoms with Crippen molar-refractivity contribution in [2.75, 3.05) is 0 Å². The van der Waals surface area contributed by atoms with Crippen LogP contribution < -0.4 is 5.11 Å². The van der Waals surface area contributed by atoms with Gasteiger partial charge in [-0.1, -0.05) is 74.1 Å². The molecule has 0 saturated carbocycles. The van der Waals surface area contributed by atoms with Crippen LogP contribution in [0.25, 0.3) is 0 Å². The number of aliphatic hydroxyl groups is 2. The van der Waals surface area contributed by atoms with E-state index < -0.39 is 18.2 Å². The molecule has 26 heavy (non-hydrogen) atoms. The highest BCUT2D eigenvalue weighted by molar-refractivity contribution is 5.64. The number of carbonyl (C=O) groups is 1. The smallest absolute Gasteiger partial charge is 0.0986 e. The van der Waals surface area contributed by atoms with Crippen molar-refractivity contribution < 1.29 is 20.1 Å². The first-order chi connectivity index (χ1) is 12.6. The lowest BCUT2D eigenvalue weighted by Gasteiger charge is -2.11. The SMILES string of the molecule is CC/C=C\C[C@H](O)C(O)/C=C/C=C/C=C\C/C=C\CCCCCC(=O)[O-]. The summed E-state index contributed by atoms with van der Waals surface area (Å²) in [5.41, 5.74) is 0. The minimum Gasteiger partial charge on any atom is -0.550 e. The van der Waals surface area contributed by atoms with Crippen molar-refractivity contribution in [1.29, 1.82) is 0 Å². The summed E-state index contributed by atoms with van der Waals surface area (Å²) in [7, 11) is 0. The van der Waals surface area contributed by atoms with Crippen molar-refractivity contribution in [3.05, 3.63) is 60.8 Å². The predicted octanol–water partition coefficient (Wildman–Crippen LogP) is 3.38. The lowest BCUT2D eigenvalue weighted by atomic mass is 10.1. The van der Waals surface area contributed by atoms with E-state index in [-0.39, 0.29) is 6.42 Å². The molecule has 0 aromatic rings. The van der Waals surface area contributed by atoms with Crippen molar-refractivity contribution in [2.24, 2.45) is 0 Å². The molecule has 0 heterocycles. The fourth-order valence-electron chi connectivity index (χ4n) is 2.13. The van der Waals surface area contributed by atoms with Gasteiger partial charge in [-0.15, -0.1) is 0 Å². The molecule has 0 aromatic carbocycles. The summed E-state index contributed by atoms with van der Waals surface area (Å²) < 4.78 is 0. The number of aliphatic hydroxyl groups excluding tert-OH is 2. The first kappa shape index (κ1) is 24.1. The average Bonchev–Trinajstić information content (AvgIpc) is 2.61. The molecular formula is C22H33O4-. The van der Waals surface area contributed by atoms with Crippen LogP contribution in [0, 0.1) is 0 Å². The third-order valence-corrected chi connectivity index (χ3v) is 3.64. The zero-order chi connectivity index (χ0) is 19.5. The molecule has 0 bridgehead atoms. The zero-order valence-electron chi connectivity index (χ0n) is 15.8. The van der Waals surface area contributed by atoms with Crippen molar-refractivity contribution in [3.8, 4) is 0 Å². The van der Waals surface area contributed by atoms with Crippen LogP contribution in [0.15, 0.2) is 60.8 Å². The van der Waals surface area contributed by atoms with Crippen LogP contribution in [-0.4, -0.2) is 28.4 Å². The van der Waals surface area contributed by atoms with Gasteiger partial charge in [-0.2, -0.15) is 0 Å². The number of carboxylic acid groups (broad SMARTS) is 1. The average molecular weight is 362 g/mol. The van der Waals surface area contributed by atoms with E-state index in [4.69, 9.17) is 0 Å². The molecule has 4 heteroatoms. The van der Waals surface area contributed by atoms with Gasteiger partial charge in [0.1, 0.15) is 0 Å². The second-order valence-corrected chi connectivity index (χ2v) is 6.05. The maximum absolute atomic E-state index is 10.2. The summed E-state index contributed by atoms with van der Waals surface area (Å²) in [4.78, 5) is 10.2. The van der Waals surface area contributed by atoms with Gasteiger partial charge in [-0.05, 0) is 44.9 Å². The number of rotatable bonds is 15. The third kappa shape index (κ3) is 16.9. The van der Waals surface area contributed by atoms with Crippen LogP contribution in [0.4, 0.5) is 0 Å². The Bertz CT molecular complexity index is 486. The molecule has 0 aromatic heterocycles. The fraction of sp³-hybridized carbons (Fsp3) is 0.500. The molecule has 2 atom stereocenters. The largest absolute Gasteiger partial charge is 0.550 e. The normalized spacial score (nSPS) is 15.2. The van der Waals surface area contributed by atoms with E-state index in [0.29, 0.717) is 12.8 Å². The van der Waals surface area contributed by atoms with Crippen LogP contribution in [-0.2, 0) is 4.79 Å². The highest BCUT2D eigenvalue weighted by atomic mass is 16.4. The number of unbranched alkanes of at least 4 members (excludes halogenated alkanes) is 3. The quantitative estimate of drug-likeness (QED) is 0.266. The number of hydrogen-bond donors (Lipinski definition) is 2. The molecule has 0 fully saturated rings. The Morgan fingerprint density at radius 3 is 2.42 bits per heavy atom. The number of carboxylic acids is 1. The van der Waals surface area contributed by atoms with Gasteiger partial charge < -0.3 is 20.1 Å².